The molecule has 0 fully saturated rings. The van der Waals surface area contributed by atoms with Gasteiger partial charge in [-0.05, 0) is 43.3 Å². The summed E-state index contributed by atoms with van der Waals surface area (Å²) in [5, 5.41) is 0. The second-order valence-corrected chi connectivity index (χ2v) is 8.78. The normalized spacial score (nSPS) is 12.2. The number of hydrogen-bond acceptors (Lipinski definition) is 6. The van der Waals surface area contributed by atoms with Gasteiger partial charge in [0.25, 0.3) is 0 Å². The molecule has 0 saturated carbocycles. The first kappa shape index (κ1) is 21.0. The monoisotopic (exact) mass is 407 g/mol. The Hall–Kier alpha value is -2.32. The van der Waals surface area contributed by atoms with Crippen LogP contribution < -0.4 is 4.72 Å². The highest BCUT2D eigenvalue weighted by atomic mass is 32.2. The van der Waals surface area contributed by atoms with E-state index in [1.807, 2.05) is 30.3 Å². The Bertz CT molecular complexity index is 880. The fraction of sp³-hybridized carbons (Fsp3) is 0.263. The van der Waals surface area contributed by atoms with Crippen LogP contribution in [0.5, 0.6) is 0 Å². The van der Waals surface area contributed by atoms with Crippen LogP contribution in [0.3, 0.4) is 0 Å². The lowest BCUT2D eigenvalue weighted by Crippen LogP contribution is -2.24. The van der Waals surface area contributed by atoms with Crippen molar-refractivity contribution >= 4 is 39.2 Å². The number of ketones is 1. The number of rotatable bonds is 9. The van der Waals surface area contributed by atoms with Crippen LogP contribution in [0.4, 0.5) is 5.69 Å². The second kappa shape index (κ2) is 9.57. The molecule has 0 aliphatic heterocycles. The Labute approximate surface area is 163 Å². The van der Waals surface area contributed by atoms with Gasteiger partial charge in [-0.3, -0.25) is 14.3 Å². The molecule has 144 valence electrons. The molecule has 0 saturated heterocycles. The number of hydrogen-bond donors (Lipinski definition) is 1. The Balaban J connectivity index is 1.82. The summed E-state index contributed by atoms with van der Waals surface area (Å²) in [4.78, 5) is 25.3. The summed E-state index contributed by atoms with van der Waals surface area (Å²) in [7, 11) is -3.38. The lowest BCUT2D eigenvalue weighted by molar-refractivity contribution is -0.145. The predicted octanol–water partition coefficient (Wildman–Crippen LogP) is 3.35. The Kier molecular flexibility index (Phi) is 7.44. The number of thioether (sulfide) groups is 1. The molecule has 27 heavy (non-hydrogen) atoms. The summed E-state index contributed by atoms with van der Waals surface area (Å²) in [5.74, 6) is -0.213. The highest BCUT2D eigenvalue weighted by molar-refractivity contribution is 7.99. The molecule has 0 spiro atoms. The molecule has 2 aromatic carbocycles. The topological polar surface area (TPSA) is 89.5 Å². The fourth-order valence-electron chi connectivity index (χ4n) is 2.23. The number of carbonyl (C=O) groups excluding carboxylic acids is 2. The Morgan fingerprint density at radius 1 is 1.07 bits per heavy atom. The van der Waals surface area contributed by atoms with Gasteiger partial charge in [0, 0.05) is 21.9 Å². The van der Waals surface area contributed by atoms with Crippen molar-refractivity contribution in [3.8, 4) is 0 Å². The quantitative estimate of drug-likeness (QED) is 0.389. The first-order valence-electron chi connectivity index (χ1n) is 8.24. The largest absolute Gasteiger partial charge is 0.454 e. The van der Waals surface area contributed by atoms with Crippen molar-refractivity contribution < 1.29 is 22.7 Å². The Morgan fingerprint density at radius 3 is 2.30 bits per heavy atom. The first-order valence-corrected chi connectivity index (χ1v) is 11.1. The molecule has 0 radical (unpaired) electrons. The van der Waals surface area contributed by atoms with Crippen LogP contribution in [-0.4, -0.2) is 38.3 Å². The third kappa shape index (κ3) is 7.44. The molecular formula is C19H21NO5S2. The van der Waals surface area contributed by atoms with E-state index >= 15 is 0 Å². The maximum Gasteiger partial charge on any atom is 0.307 e. The number of anilines is 1. The van der Waals surface area contributed by atoms with Gasteiger partial charge >= 0.3 is 5.97 Å². The lowest BCUT2D eigenvalue weighted by atomic mass is 10.1. The molecule has 8 heteroatoms. The van der Waals surface area contributed by atoms with Gasteiger partial charge in [-0.1, -0.05) is 18.2 Å². The van der Waals surface area contributed by atoms with Crippen molar-refractivity contribution in [3.05, 3.63) is 60.2 Å². The van der Waals surface area contributed by atoms with E-state index < -0.39 is 22.1 Å². The molecule has 0 heterocycles. The number of benzene rings is 2. The SMILES string of the molecule is C[C@@H](OC(=O)CCSc1ccccc1)C(=O)c1ccc(NS(C)(=O)=O)cc1. The molecule has 0 aromatic heterocycles. The molecule has 1 N–H and O–H groups in total. The summed E-state index contributed by atoms with van der Waals surface area (Å²) in [6.07, 6.45) is 0.339. The fourth-order valence-corrected chi connectivity index (χ4v) is 3.65. The molecule has 0 aliphatic rings. The van der Waals surface area contributed by atoms with Gasteiger partial charge in [-0.2, -0.15) is 0 Å². The van der Waals surface area contributed by atoms with Crippen molar-refractivity contribution in [2.75, 3.05) is 16.7 Å². The van der Waals surface area contributed by atoms with Crippen LogP contribution >= 0.6 is 11.8 Å². The molecule has 1 atom stereocenters. The zero-order chi connectivity index (χ0) is 19.9. The molecule has 0 amide bonds. The summed E-state index contributed by atoms with van der Waals surface area (Å²) >= 11 is 1.54. The molecule has 0 unspecified atom stereocenters. The van der Waals surface area contributed by atoms with Gasteiger partial charge in [0.2, 0.25) is 15.8 Å². The number of nitrogens with one attached hydrogen (secondary N) is 1. The van der Waals surface area contributed by atoms with E-state index in [0.717, 1.165) is 11.2 Å². The Morgan fingerprint density at radius 2 is 1.70 bits per heavy atom. The average Bonchev–Trinajstić information content (AvgIpc) is 2.61. The van der Waals surface area contributed by atoms with E-state index in [9.17, 15) is 18.0 Å². The highest BCUT2D eigenvalue weighted by Gasteiger charge is 2.19. The summed E-state index contributed by atoms with van der Waals surface area (Å²) in [5.41, 5.74) is 0.699. The van der Waals surface area contributed by atoms with Gasteiger partial charge in [0.15, 0.2) is 6.10 Å². The summed E-state index contributed by atoms with van der Waals surface area (Å²) in [6, 6.07) is 15.7. The van der Waals surface area contributed by atoms with E-state index in [1.54, 1.807) is 11.8 Å². The third-order valence-electron chi connectivity index (χ3n) is 3.47. The number of carbonyl (C=O) groups is 2. The average molecular weight is 408 g/mol. The molecule has 0 bridgehead atoms. The van der Waals surface area contributed by atoms with Gasteiger partial charge in [0.05, 0.1) is 12.7 Å². The van der Waals surface area contributed by atoms with Gasteiger partial charge < -0.3 is 4.74 Å². The van der Waals surface area contributed by atoms with E-state index in [0.29, 0.717) is 17.0 Å². The summed E-state index contributed by atoms with van der Waals surface area (Å²) in [6.45, 7) is 1.52. The lowest BCUT2D eigenvalue weighted by Gasteiger charge is -2.13. The minimum Gasteiger partial charge on any atom is -0.454 e. The van der Waals surface area contributed by atoms with Crippen molar-refractivity contribution in [1.29, 1.82) is 0 Å². The molecule has 6 nitrogen and oxygen atoms in total. The maximum atomic E-state index is 12.4. The number of Topliss-reactive ketones (excluding diaryl/α,β-unsaturated/α-hetero) is 1. The van der Waals surface area contributed by atoms with E-state index in [-0.39, 0.29) is 12.2 Å². The number of sulfonamides is 1. The zero-order valence-electron chi connectivity index (χ0n) is 15.0. The van der Waals surface area contributed by atoms with E-state index in [4.69, 9.17) is 4.74 Å². The second-order valence-electron chi connectivity index (χ2n) is 5.86. The number of esters is 1. The minimum atomic E-state index is -3.38. The maximum absolute atomic E-state index is 12.4. The number of ether oxygens (including phenoxy) is 1. The van der Waals surface area contributed by atoms with Crippen LogP contribution in [0.15, 0.2) is 59.5 Å². The van der Waals surface area contributed by atoms with Crippen LogP contribution in [0.2, 0.25) is 0 Å². The first-order chi connectivity index (χ1) is 12.7. The smallest absolute Gasteiger partial charge is 0.307 e. The molecule has 2 aromatic rings. The van der Waals surface area contributed by atoms with Crippen LogP contribution in [0, 0.1) is 0 Å². The molecular weight excluding hydrogens is 386 g/mol. The summed E-state index contributed by atoms with van der Waals surface area (Å²) < 4.78 is 29.9. The van der Waals surface area contributed by atoms with Crippen molar-refractivity contribution in [3.63, 3.8) is 0 Å². The van der Waals surface area contributed by atoms with Gasteiger partial charge in [0.1, 0.15) is 0 Å². The minimum absolute atomic E-state index is 0.203. The molecule has 0 aliphatic carbocycles. The van der Waals surface area contributed by atoms with Crippen LogP contribution in [0.25, 0.3) is 0 Å². The van der Waals surface area contributed by atoms with Crippen LogP contribution in [0.1, 0.15) is 23.7 Å². The van der Waals surface area contributed by atoms with Crippen LogP contribution in [-0.2, 0) is 19.6 Å². The van der Waals surface area contributed by atoms with Crippen molar-refractivity contribution in [2.24, 2.45) is 0 Å². The van der Waals surface area contributed by atoms with Crippen molar-refractivity contribution in [1.82, 2.24) is 0 Å². The molecule has 2 rings (SSSR count). The van der Waals surface area contributed by atoms with E-state index in [2.05, 4.69) is 4.72 Å². The standard InChI is InChI=1S/C19H21NO5S2/c1-14(25-18(21)12-13-26-17-6-4-3-5-7-17)19(22)15-8-10-16(11-9-15)20-27(2,23)24/h3-11,14,20H,12-13H2,1-2H3/t14-/m1/s1. The van der Waals surface area contributed by atoms with E-state index in [1.165, 1.54) is 31.2 Å². The van der Waals surface area contributed by atoms with Crippen molar-refractivity contribution in [2.45, 2.75) is 24.3 Å². The zero-order valence-corrected chi connectivity index (χ0v) is 16.7. The highest BCUT2D eigenvalue weighted by Crippen LogP contribution is 2.18. The van der Waals surface area contributed by atoms with Gasteiger partial charge in [-0.25, -0.2) is 8.42 Å². The predicted molar refractivity (Wildman–Crippen MR) is 107 cm³/mol. The third-order valence-corrected chi connectivity index (χ3v) is 5.09. The van der Waals surface area contributed by atoms with Gasteiger partial charge in [-0.15, -0.1) is 11.8 Å².